The molecule has 3 N–H and O–H groups in total. The van der Waals surface area contributed by atoms with Gasteiger partial charge in [-0.2, -0.15) is 12.7 Å². The molecule has 2 saturated heterocycles. The Bertz CT molecular complexity index is 1500. The van der Waals surface area contributed by atoms with Crippen LogP contribution in [0, 0.1) is 17.6 Å². The Labute approximate surface area is 237 Å². The van der Waals surface area contributed by atoms with Crippen molar-refractivity contribution in [3.63, 3.8) is 0 Å². The lowest BCUT2D eigenvalue weighted by atomic mass is 9.77. The average molecular weight is 588 g/mol. The number of aliphatic hydroxyl groups excluding tert-OH is 1. The molecule has 0 aromatic heterocycles. The van der Waals surface area contributed by atoms with Gasteiger partial charge in [0.25, 0.3) is 0 Å². The van der Waals surface area contributed by atoms with Crippen molar-refractivity contribution < 1.29 is 36.8 Å². The largest absolute Gasteiger partial charge is 0.508 e. The number of carbonyl (C=O) groups is 1. The van der Waals surface area contributed by atoms with E-state index in [9.17, 15) is 36.8 Å². The first-order valence-electron chi connectivity index (χ1n) is 13.3. The average Bonchev–Trinajstić information content (AvgIpc) is 2.93. The summed E-state index contributed by atoms with van der Waals surface area (Å²) in [5.74, 6) is -1.65. The van der Waals surface area contributed by atoms with Crippen molar-refractivity contribution in [2.24, 2.45) is 5.92 Å². The lowest BCUT2D eigenvalue weighted by Gasteiger charge is -2.48. The lowest BCUT2D eigenvalue weighted by molar-refractivity contribution is -0.131. The molecule has 0 spiro atoms. The van der Waals surface area contributed by atoms with Gasteiger partial charge in [-0.25, -0.2) is 8.78 Å². The van der Waals surface area contributed by atoms with Crippen molar-refractivity contribution in [3.05, 3.63) is 95.1 Å². The highest BCUT2D eigenvalue weighted by molar-refractivity contribution is 7.83. The molecular formula is C29H31F2N3O6S. The molecule has 3 atom stereocenters. The summed E-state index contributed by atoms with van der Waals surface area (Å²) in [4.78, 5) is 16.8. The van der Waals surface area contributed by atoms with Gasteiger partial charge in [0.15, 0.2) is 0 Å². The SMILES string of the molecule is O=C1C(CC[C@H](O)c2ccc(F)cc2)[C@@H](c2ccc(CN3CCN(S(=O)(=O)O)CC3)cc2O)N1c1ccc(F)cc1. The van der Waals surface area contributed by atoms with Crippen LogP contribution in [0.5, 0.6) is 5.75 Å². The van der Waals surface area contributed by atoms with Gasteiger partial charge in [0.2, 0.25) is 5.91 Å². The van der Waals surface area contributed by atoms with E-state index in [0.29, 0.717) is 42.9 Å². The number of anilines is 1. The molecule has 218 valence electrons. The number of β-lactam (4-membered cyclic amide) rings is 1. The predicted molar refractivity (Wildman–Crippen MR) is 147 cm³/mol. The van der Waals surface area contributed by atoms with Crippen LogP contribution in [0.2, 0.25) is 0 Å². The number of nitrogens with zero attached hydrogens (tertiary/aromatic N) is 3. The van der Waals surface area contributed by atoms with E-state index in [4.69, 9.17) is 0 Å². The molecule has 2 fully saturated rings. The van der Waals surface area contributed by atoms with Crippen molar-refractivity contribution in [1.29, 1.82) is 0 Å². The molecule has 3 aromatic rings. The number of phenolic OH excluding ortho intramolecular Hbond substituents is 1. The van der Waals surface area contributed by atoms with Crippen LogP contribution in [0.15, 0.2) is 66.7 Å². The molecule has 5 rings (SSSR count). The summed E-state index contributed by atoms with van der Waals surface area (Å²) in [6, 6.07) is 15.7. The Balaban J connectivity index is 1.33. The second-order valence-electron chi connectivity index (χ2n) is 10.4. The van der Waals surface area contributed by atoms with Crippen molar-refractivity contribution >= 4 is 21.9 Å². The van der Waals surface area contributed by atoms with Crippen molar-refractivity contribution in [1.82, 2.24) is 9.21 Å². The molecule has 0 radical (unpaired) electrons. The first kappa shape index (κ1) is 29.1. The van der Waals surface area contributed by atoms with E-state index in [0.717, 1.165) is 9.87 Å². The fourth-order valence-corrected chi connectivity index (χ4v) is 6.20. The molecule has 2 heterocycles. The number of aromatic hydroxyl groups is 1. The molecule has 0 saturated carbocycles. The Morgan fingerprint density at radius 3 is 2.10 bits per heavy atom. The zero-order chi connectivity index (χ0) is 29.3. The molecule has 12 heteroatoms. The van der Waals surface area contributed by atoms with Crippen LogP contribution in [0.25, 0.3) is 0 Å². The Kier molecular flexibility index (Phi) is 8.39. The van der Waals surface area contributed by atoms with Crippen molar-refractivity contribution in [3.8, 4) is 5.75 Å². The molecular weight excluding hydrogens is 556 g/mol. The van der Waals surface area contributed by atoms with Crippen LogP contribution >= 0.6 is 0 Å². The van der Waals surface area contributed by atoms with E-state index in [1.54, 1.807) is 12.1 Å². The predicted octanol–water partition coefficient (Wildman–Crippen LogP) is 3.81. The minimum Gasteiger partial charge on any atom is -0.508 e. The highest BCUT2D eigenvalue weighted by Crippen LogP contribution is 2.48. The molecule has 3 aromatic carbocycles. The summed E-state index contributed by atoms with van der Waals surface area (Å²) in [5.41, 5.74) is 2.32. The molecule has 41 heavy (non-hydrogen) atoms. The standard InChI is InChI=1S/C29H31F2N3O6S/c30-21-4-2-20(3-5-21)26(35)12-11-25-28(34(29(25)37)23-8-6-22(31)7-9-23)24-10-1-19(17-27(24)36)18-32-13-15-33(16-14-32)41(38,39)40/h1-10,17,25-26,28,35-36H,11-16,18H2,(H,38,39,40)/t25?,26-,28+/m0/s1. The highest BCUT2D eigenvalue weighted by atomic mass is 32.2. The number of aliphatic hydroxyl groups is 1. The summed E-state index contributed by atoms with van der Waals surface area (Å²) in [5, 5.41) is 21.7. The third-order valence-corrected chi connectivity index (χ3v) is 8.82. The van der Waals surface area contributed by atoms with Gasteiger partial charge in [0.1, 0.15) is 17.4 Å². The van der Waals surface area contributed by atoms with Crippen LogP contribution in [-0.4, -0.2) is 64.5 Å². The van der Waals surface area contributed by atoms with E-state index < -0.39 is 40.0 Å². The van der Waals surface area contributed by atoms with Gasteiger partial charge in [-0.15, -0.1) is 0 Å². The van der Waals surface area contributed by atoms with Gasteiger partial charge in [0, 0.05) is 44.0 Å². The van der Waals surface area contributed by atoms with Crippen molar-refractivity contribution in [2.45, 2.75) is 31.5 Å². The van der Waals surface area contributed by atoms with Crippen LogP contribution in [0.1, 0.15) is 41.7 Å². The maximum atomic E-state index is 13.6. The zero-order valence-electron chi connectivity index (χ0n) is 22.1. The van der Waals surface area contributed by atoms with E-state index in [-0.39, 0.29) is 31.2 Å². The molecule has 1 unspecified atom stereocenters. The van der Waals surface area contributed by atoms with Gasteiger partial charge >= 0.3 is 10.3 Å². The fraction of sp³-hybridized carbons (Fsp3) is 0.345. The molecule has 9 nitrogen and oxygen atoms in total. The molecule has 0 bridgehead atoms. The highest BCUT2D eigenvalue weighted by Gasteiger charge is 2.49. The third kappa shape index (κ3) is 6.41. The van der Waals surface area contributed by atoms with Crippen LogP contribution in [0.4, 0.5) is 14.5 Å². The second kappa shape index (κ2) is 11.8. The van der Waals surface area contributed by atoms with E-state index in [1.807, 2.05) is 11.0 Å². The molecule has 1 amide bonds. The minimum absolute atomic E-state index is 0.0206. The summed E-state index contributed by atoms with van der Waals surface area (Å²) in [6.45, 7) is 1.59. The first-order valence-corrected chi connectivity index (χ1v) is 14.7. The number of amides is 1. The monoisotopic (exact) mass is 587 g/mol. The number of hydrogen-bond donors (Lipinski definition) is 3. The normalized spacial score (nSPS) is 21.1. The Morgan fingerprint density at radius 2 is 1.51 bits per heavy atom. The van der Waals surface area contributed by atoms with Crippen molar-refractivity contribution in [2.75, 3.05) is 31.1 Å². The summed E-state index contributed by atoms with van der Waals surface area (Å²) < 4.78 is 59.8. The number of benzene rings is 3. The van der Waals surface area contributed by atoms with Gasteiger partial charge in [-0.05, 0) is 66.4 Å². The number of hydrogen-bond acceptors (Lipinski definition) is 6. The molecule has 0 aliphatic carbocycles. The first-order chi connectivity index (χ1) is 19.5. The number of phenols is 1. The lowest BCUT2D eigenvalue weighted by Crippen LogP contribution is -2.55. The summed E-state index contributed by atoms with van der Waals surface area (Å²) in [7, 11) is -4.23. The van der Waals surface area contributed by atoms with Gasteiger partial charge < -0.3 is 15.1 Å². The van der Waals surface area contributed by atoms with Crippen LogP contribution in [0.3, 0.4) is 0 Å². The molecule has 2 aliphatic rings. The van der Waals surface area contributed by atoms with Gasteiger partial charge in [-0.3, -0.25) is 14.2 Å². The quantitative estimate of drug-likeness (QED) is 0.257. The Hall–Kier alpha value is -3.42. The number of rotatable bonds is 9. The number of piperazine rings is 1. The zero-order valence-corrected chi connectivity index (χ0v) is 22.9. The van der Waals surface area contributed by atoms with Gasteiger partial charge in [-0.1, -0.05) is 24.3 Å². The van der Waals surface area contributed by atoms with E-state index in [1.165, 1.54) is 53.4 Å². The molecule has 2 aliphatic heterocycles. The summed E-state index contributed by atoms with van der Waals surface area (Å²) in [6.07, 6.45) is -0.357. The maximum absolute atomic E-state index is 13.6. The summed E-state index contributed by atoms with van der Waals surface area (Å²) >= 11 is 0. The smallest absolute Gasteiger partial charge is 0.335 e. The minimum atomic E-state index is -4.23. The van der Waals surface area contributed by atoms with Crippen LogP contribution in [-0.2, 0) is 21.6 Å². The maximum Gasteiger partial charge on any atom is 0.335 e. The van der Waals surface area contributed by atoms with Gasteiger partial charge in [0.05, 0.1) is 18.1 Å². The van der Waals surface area contributed by atoms with E-state index >= 15 is 0 Å². The van der Waals surface area contributed by atoms with E-state index in [2.05, 4.69) is 0 Å². The number of halogens is 2. The Morgan fingerprint density at radius 1 is 0.902 bits per heavy atom. The second-order valence-corrected chi connectivity index (χ2v) is 11.8. The topological polar surface area (TPSA) is 122 Å². The number of carbonyl (C=O) groups excluding carboxylic acids is 1. The van der Waals surface area contributed by atoms with Crippen LogP contribution < -0.4 is 4.90 Å². The third-order valence-electron chi connectivity index (χ3n) is 7.80. The fourth-order valence-electron chi connectivity index (χ4n) is 5.58.